The van der Waals surface area contributed by atoms with Gasteiger partial charge in [-0.1, -0.05) is 6.07 Å². The van der Waals surface area contributed by atoms with E-state index < -0.39 is 0 Å². The van der Waals surface area contributed by atoms with Crippen molar-refractivity contribution in [3.63, 3.8) is 0 Å². The van der Waals surface area contributed by atoms with E-state index in [1.807, 2.05) is 6.07 Å². The van der Waals surface area contributed by atoms with Crippen molar-refractivity contribution in [3.05, 3.63) is 40.1 Å². The van der Waals surface area contributed by atoms with Crippen molar-refractivity contribution in [3.8, 4) is 17.2 Å². The number of nitrogens with zero attached hydrogens (tertiary/aromatic N) is 1. The number of methoxy groups -OCH3 is 3. The molecule has 1 atom stereocenters. The molecule has 2 aromatic rings. The number of hydrogen-bond donors (Lipinski definition) is 1. The molecular weight excluding hydrogens is 324 g/mol. The van der Waals surface area contributed by atoms with Crippen LogP contribution >= 0.6 is 11.3 Å². The maximum atomic E-state index is 5.74. The lowest BCUT2D eigenvalue weighted by molar-refractivity contribution is 0.196. The van der Waals surface area contributed by atoms with Crippen LogP contribution in [-0.4, -0.2) is 52.4 Å². The Bertz CT molecular complexity index is 655. The van der Waals surface area contributed by atoms with Gasteiger partial charge in [-0.3, -0.25) is 4.90 Å². The van der Waals surface area contributed by atoms with Crippen LogP contribution < -0.4 is 19.5 Å². The lowest BCUT2D eigenvalue weighted by atomic mass is 10.0. The van der Waals surface area contributed by atoms with Crippen molar-refractivity contribution in [1.29, 1.82) is 0 Å². The highest BCUT2D eigenvalue weighted by atomic mass is 32.1. The summed E-state index contributed by atoms with van der Waals surface area (Å²) in [6, 6.07) is 8.49. The molecule has 0 amide bonds. The van der Waals surface area contributed by atoms with E-state index in [2.05, 4.69) is 33.8 Å². The first kappa shape index (κ1) is 17.1. The van der Waals surface area contributed by atoms with E-state index in [-0.39, 0.29) is 6.04 Å². The number of rotatable bonds is 6. The Morgan fingerprint density at radius 2 is 1.75 bits per heavy atom. The monoisotopic (exact) mass is 348 g/mol. The minimum Gasteiger partial charge on any atom is -0.493 e. The molecule has 24 heavy (non-hydrogen) atoms. The molecule has 0 unspecified atom stereocenters. The number of hydrogen-bond acceptors (Lipinski definition) is 6. The topological polar surface area (TPSA) is 43.0 Å². The van der Waals surface area contributed by atoms with Gasteiger partial charge < -0.3 is 19.5 Å². The Morgan fingerprint density at radius 1 is 1.00 bits per heavy atom. The van der Waals surface area contributed by atoms with E-state index in [9.17, 15) is 0 Å². The van der Waals surface area contributed by atoms with Crippen molar-refractivity contribution in [2.24, 2.45) is 0 Å². The van der Waals surface area contributed by atoms with Crippen molar-refractivity contribution < 1.29 is 14.2 Å². The van der Waals surface area contributed by atoms with Gasteiger partial charge in [-0.05, 0) is 23.6 Å². The average Bonchev–Trinajstić information content (AvgIpc) is 3.16. The van der Waals surface area contributed by atoms with Crippen LogP contribution in [0.15, 0.2) is 29.6 Å². The van der Waals surface area contributed by atoms with Crippen LogP contribution in [0.4, 0.5) is 0 Å². The zero-order valence-corrected chi connectivity index (χ0v) is 15.2. The number of ether oxygens (including phenoxy) is 3. The summed E-state index contributed by atoms with van der Waals surface area (Å²) in [7, 11) is 4.98. The third-order valence-electron chi connectivity index (χ3n) is 4.36. The van der Waals surface area contributed by atoms with E-state index in [1.165, 1.54) is 4.88 Å². The molecule has 0 spiro atoms. The van der Waals surface area contributed by atoms with Gasteiger partial charge in [0.25, 0.3) is 0 Å². The molecule has 2 heterocycles. The lowest BCUT2D eigenvalue weighted by Gasteiger charge is -2.35. The van der Waals surface area contributed by atoms with Crippen LogP contribution in [0.5, 0.6) is 17.2 Å². The van der Waals surface area contributed by atoms with Gasteiger partial charge in [0.15, 0.2) is 11.5 Å². The van der Waals surface area contributed by atoms with Gasteiger partial charge in [0.2, 0.25) is 5.75 Å². The highest BCUT2D eigenvalue weighted by Crippen LogP contribution is 2.45. The van der Waals surface area contributed by atoms with Gasteiger partial charge in [0, 0.05) is 36.6 Å². The molecule has 1 fully saturated rings. The lowest BCUT2D eigenvalue weighted by Crippen LogP contribution is -2.45. The summed E-state index contributed by atoms with van der Waals surface area (Å²) in [6.07, 6.45) is 0. The van der Waals surface area contributed by atoms with E-state index in [1.54, 1.807) is 32.7 Å². The Kier molecular flexibility index (Phi) is 5.60. The first-order chi connectivity index (χ1) is 11.8. The standard InChI is InChI=1S/C18H24N2O3S/c1-21-14-7-6-13(17(22-2)18(14)23-3)16(15-5-4-12-24-15)20-10-8-19-9-11-20/h4-7,12,16,19H,8-11H2,1-3H3/t16-/m1/s1. The second-order valence-corrected chi connectivity index (χ2v) is 6.61. The molecule has 5 nitrogen and oxygen atoms in total. The van der Waals surface area contributed by atoms with Gasteiger partial charge in [0.05, 0.1) is 27.4 Å². The maximum absolute atomic E-state index is 5.74. The van der Waals surface area contributed by atoms with E-state index in [0.29, 0.717) is 11.5 Å². The minimum absolute atomic E-state index is 0.154. The first-order valence-electron chi connectivity index (χ1n) is 8.07. The highest BCUT2D eigenvalue weighted by molar-refractivity contribution is 7.10. The largest absolute Gasteiger partial charge is 0.493 e. The fourth-order valence-corrected chi connectivity index (χ4v) is 4.13. The second-order valence-electron chi connectivity index (χ2n) is 5.63. The predicted molar refractivity (Wildman–Crippen MR) is 96.7 cm³/mol. The molecule has 1 saturated heterocycles. The molecule has 0 bridgehead atoms. The fourth-order valence-electron chi connectivity index (χ4n) is 3.26. The Labute approximate surface area is 147 Å². The van der Waals surface area contributed by atoms with Gasteiger partial charge in [0.1, 0.15) is 0 Å². The molecule has 1 aromatic heterocycles. The fraction of sp³-hybridized carbons (Fsp3) is 0.444. The normalized spacial score (nSPS) is 16.6. The van der Waals surface area contributed by atoms with Gasteiger partial charge in [-0.25, -0.2) is 0 Å². The van der Waals surface area contributed by atoms with Gasteiger partial charge >= 0.3 is 0 Å². The predicted octanol–water partition coefficient (Wildman–Crippen LogP) is 2.77. The highest BCUT2D eigenvalue weighted by Gasteiger charge is 2.29. The number of benzene rings is 1. The van der Waals surface area contributed by atoms with Crippen LogP contribution in [0.1, 0.15) is 16.5 Å². The third-order valence-corrected chi connectivity index (χ3v) is 5.28. The molecule has 0 saturated carbocycles. The van der Waals surface area contributed by atoms with Gasteiger partial charge in [-0.15, -0.1) is 11.3 Å². The van der Waals surface area contributed by atoms with Crippen molar-refractivity contribution in [2.45, 2.75) is 6.04 Å². The van der Waals surface area contributed by atoms with Crippen LogP contribution in [0.25, 0.3) is 0 Å². The van der Waals surface area contributed by atoms with E-state index in [4.69, 9.17) is 14.2 Å². The Hall–Kier alpha value is -1.76. The van der Waals surface area contributed by atoms with E-state index in [0.717, 1.165) is 37.5 Å². The smallest absolute Gasteiger partial charge is 0.203 e. The summed E-state index contributed by atoms with van der Waals surface area (Å²) < 4.78 is 16.7. The first-order valence-corrected chi connectivity index (χ1v) is 8.95. The number of piperazine rings is 1. The molecule has 6 heteroatoms. The van der Waals surface area contributed by atoms with Crippen molar-refractivity contribution in [1.82, 2.24) is 10.2 Å². The maximum Gasteiger partial charge on any atom is 0.203 e. The van der Waals surface area contributed by atoms with E-state index >= 15 is 0 Å². The molecule has 0 radical (unpaired) electrons. The quantitative estimate of drug-likeness (QED) is 0.869. The third kappa shape index (κ3) is 3.22. The zero-order valence-electron chi connectivity index (χ0n) is 14.4. The van der Waals surface area contributed by atoms with Gasteiger partial charge in [-0.2, -0.15) is 0 Å². The van der Waals surface area contributed by atoms with Crippen LogP contribution in [0, 0.1) is 0 Å². The Morgan fingerprint density at radius 3 is 2.33 bits per heavy atom. The summed E-state index contributed by atoms with van der Waals surface area (Å²) in [5.41, 5.74) is 1.11. The molecule has 1 N–H and O–H groups in total. The SMILES string of the molecule is COc1ccc([C@H](c2cccs2)N2CCNCC2)c(OC)c1OC. The van der Waals surface area contributed by atoms with Crippen LogP contribution in [0.3, 0.4) is 0 Å². The Balaban J connectivity index is 2.10. The second kappa shape index (κ2) is 7.88. The summed E-state index contributed by atoms with van der Waals surface area (Å²) in [4.78, 5) is 3.80. The summed E-state index contributed by atoms with van der Waals surface area (Å²) in [6.45, 7) is 4.00. The molecule has 0 aliphatic carbocycles. The summed E-state index contributed by atoms with van der Waals surface area (Å²) >= 11 is 1.77. The number of nitrogens with one attached hydrogen (secondary N) is 1. The van der Waals surface area contributed by atoms with Crippen molar-refractivity contribution in [2.75, 3.05) is 47.5 Å². The molecular formula is C18H24N2O3S. The molecule has 3 rings (SSSR count). The average molecular weight is 348 g/mol. The molecule has 1 aromatic carbocycles. The zero-order chi connectivity index (χ0) is 16.9. The summed E-state index contributed by atoms with van der Waals surface area (Å²) in [5.74, 6) is 2.08. The minimum atomic E-state index is 0.154. The number of thiophene rings is 1. The molecule has 130 valence electrons. The summed E-state index contributed by atoms with van der Waals surface area (Å²) in [5, 5.41) is 5.54. The molecule has 1 aliphatic heterocycles. The van der Waals surface area contributed by atoms with Crippen LogP contribution in [-0.2, 0) is 0 Å². The van der Waals surface area contributed by atoms with Crippen molar-refractivity contribution >= 4 is 11.3 Å². The molecule has 1 aliphatic rings. The van der Waals surface area contributed by atoms with Crippen LogP contribution in [0.2, 0.25) is 0 Å².